The maximum absolute atomic E-state index is 13.2. The van der Waals surface area contributed by atoms with Gasteiger partial charge >= 0.3 is 0 Å². The molecule has 4 rings (SSSR count). The number of hydrogen-bond acceptors (Lipinski definition) is 4. The van der Waals surface area contributed by atoms with Gasteiger partial charge in [-0.15, -0.1) is 0 Å². The number of pyridine rings is 1. The van der Waals surface area contributed by atoms with E-state index in [9.17, 15) is 14.9 Å². The summed E-state index contributed by atoms with van der Waals surface area (Å²) in [4.78, 5) is 30.3. The third kappa shape index (κ3) is 2.58. The first kappa shape index (κ1) is 15.7. The Hall–Kier alpha value is -2.76. The van der Waals surface area contributed by atoms with Gasteiger partial charge in [0.1, 0.15) is 0 Å². The Kier molecular flexibility index (Phi) is 3.75. The maximum atomic E-state index is 13.2. The predicted molar refractivity (Wildman–Crippen MR) is 93.8 cm³/mol. The summed E-state index contributed by atoms with van der Waals surface area (Å²) in [6, 6.07) is 7.34. The number of rotatable bonds is 2. The molecule has 25 heavy (non-hydrogen) atoms. The molecule has 6 heteroatoms. The van der Waals surface area contributed by atoms with Crippen molar-refractivity contribution in [2.45, 2.75) is 38.5 Å². The van der Waals surface area contributed by atoms with Crippen molar-refractivity contribution in [2.75, 3.05) is 11.4 Å². The van der Waals surface area contributed by atoms with Crippen LogP contribution >= 0.6 is 0 Å². The normalized spacial score (nSPS) is 18.6. The summed E-state index contributed by atoms with van der Waals surface area (Å²) in [5.74, 6) is -0.243. The first-order chi connectivity index (χ1) is 12.1. The van der Waals surface area contributed by atoms with E-state index in [1.165, 1.54) is 0 Å². The summed E-state index contributed by atoms with van der Waals surface area (Å²) in [7, 11) is 0. The molecule has 0 saturated carbocycles. The van der Waals surface area contributed by atoms with Crippen LogP contribution in [0.2, 0.25) is 0 Å². The lowest BCUT2D eigenvalue weighted by Gasteiger charge is -2.28. The van der Waals surface area contributed by atoms with Crippen molar-refractivity contribution in [3.8, 4) is 0 Å². The molecular weight excluding hydrogens is 318 g/mol. The number of fused-ring (bicyclic) bond motifs is 2. The number of hydrogen-bond donors (Lipinski definition) is 0. The Morgan fingerprint density at radius 2 is 2.16 bits per heavy atom. The zero-order chi connectivity index (χ0) is 17.6. The second-order valence-electron chi connectivity index (χ2n) is 6.76. The Morgan fingerprint density at radius 3 is 2.96 bits per heavy atom. The van der Waals surface area contributed by atoms with Crippen molar-refractivity contribution in [3.63, 3.8) is 0 Å². The predicted octanol–water partition coefficient (Wildman–Crippen LogP) is 3.31. The van der Waals surface area contributed by atoms with Crippen molar-refractivity contribution < 1.29 is 9.72 Å². The van der Waals surface area contributed by atoms with Crippen LogP contribution in [0.25, 0.3) is 0 Å². The zero-order valence-corrected chi connectivity index (χ0v) is 14.1. The van der Waals surface area contributed by atoms with E-state index in [0.29, 0.717) is 17.8 Å². The third-order valence-electron chi connectivity index (χ3n) is 5.25. The average Bonchev–Trinajstić information content (AvgIpc) is 3.02. The van der Waals surface area contributed by atoms with E-state index in [0.717, 1.165) is 42.5 Å². The molecule has 1 aromatic carbocycles. The number of amides is 1. The van der Waals surface area contributed by atoms with Crippen molar-refractivity contribution in [3.05, 3.63) is 63.0 Å². The summed E-state index contributed by atoms with van der Waals surface area (Å²) in [6.07, 6.45) is 5.17. The van der Waals surface area contributed by atoms with E-state index in [1.807, 2.05) is 18.2 Å². The van der Waals surface area contributed by atoms with Crippen LogP contribution in [0.1, 0.15) is 41.1 Å². The molecular formula is C19H19N3O3. The second-order valence-corrected chi connectivity index (χ2v) is 6.76. The van der Waals surface area contributed by atoms with E-state index in [2.05, 4.69) is 4.98 Å². The average molecular weight is 337 g/mol. The smallest absolute Gasteiger partial charge is 0.274 e. The van der Waals surface area contributed by atoms with E-state index in [1.54, 1.807) is 24.1 Å². The lowest BCUT2D eigenvalue weighted by atomic mass is 9.85. The number of carbonyl (C=O) groups excluding carboxylic acids is 1. The minimum Gasteiger partial charge on any atom is -0.311 e. The SMILES string of the molecule is Cc1cc2c(cc1[N+](=O)[O-])N(C(=O)C1CCCc3cccnc31)CC2. The Labute approximate surface area is 145 Å². The van der Waals surface area contributed by atoms with Crippen LogP contribution < -0.4 is 4.90 Å². The molecule has 0 radical (unpaired) electrons. The van der Waals surface area contributed by atoms with E-state index < -0.39 is 0 Å². The van der Waals surface area contributed by atoms with Gasteiger partial charge in [-0.1, -0.05) is 6.07 Å². The number of aromatic nitrogens is 1. The van der Waals surface area contributed by atoms with Crippen LogP contribution in [0, 0.1) is 17.0 Å². The summed E-state index contributed by atoms with van der Waals surface area (Å²) in [6.45, 7) is 2.32. The number of carbonyl (C=O) groups is 1. The molecule has 0 N–H and O–H groups in total. The fraction of sp³-hybridized carbons (Fsp3) is 0.368. The lowest BCUT2D eigenvalue weighted by molar-refractivity contribution is -0.385. The minimum absolute atomic E-state index is 0.0107. The molecule has 1 amide bonds. The molecule has 1 aliphatic carbocycles. The summed E-state index contributed by atoms with van der Waals surface area (Å²) in [5.41, 5.74) is 4.41. The summed E-state index contributed by atoms with van der Waals surface area (Å²) in [5, 5.41) is 11.3. The van der Waals surface area contributed by atoms with Crippen LogP contribution in [0.15, 0.2) is 30.5 Å². The molecule has 2 heterocycles. The number of nitro groups is 1. The van der Waals surface area contributed by atoms with Gasteiger partial charge in [-0.3, -0.25) is 19.9 Å². The van der Waals surface area contributed by atoms with Crippen LogP contribution in [0.5, 0.6) is 0 Å². The molecule has 2 aromatic rings. The van der Waals surface area contributed by atoms with Gasteiger partial charge in [-0.05, 0) is 55.9 Å². The highest BCUT2D eigenvalue weighted by Gasteiger charge is 2.35. The maximum Gasteiger partial charge on any atom is 0.274 e. The van der Waals surface area contributed by atoms with E-state index in [4.69, 9.17) is 0 Å². The quantitative estimate of drug-likeness (QED) is 0.622. The topological polar surface area (TPSA) is 76.3 Å². The summed E-state index contributed by atoms with van der Waals surface area (Å²) < 4.78 is 0. The molecule has 128 valence electrons. The molecule has 6 nitrogen and oxygen atoms in total. The van der Waals surface area contributed by atoms with Gasteiger partial charge in [0.25, 0.3) is 5.69 Å². The Morgan fingerprint density at radius 1 is 1.32 bits per heavy atom. The van der Waals surface area contributed by atoms with Crippen LogP contribution in [-0.2, 0) is 17.6 Å². The molecule has 1 aliphatic heterocycles. The van der Waals surface area contributed by atoms with Crippen molar-refractivity contribution in [2.24, 2.45) is 0 Å². The number of aryl methyl sites for hydroxylation is 2. The lowest BCUT2D eigenvalue weighted by Crippen LogP contribution is -2.35. The van der Waals surface area contributed by atoms with Crippen LogP contribution in [0.3, 0.4) is 0 Å². The fourth-order valence-electron chi connectivity index (χ4n) is 4.01. The Bertz CT molecular complexity index is 878. The van der Waals surface area contributed by atoms with Crippen LogP contribution in [0.4, 0.5) is 11.4 Å². The highest BCUT2D eigenvalue weighted by atomic mass is 16.6. The summed E-state index contributed by atoms with van der Waals surface area (Å²) >= 11 is 0. The van der Waals surface area contributed by atoms with Gasteiger partial charge in [0.2, 0.25) is 5.91 Å². The second kappa shape index (κ2) is 5.95. The van der Waals surface area contributed by atoms with E-state index >= 15 is 0 Å². The van der Waals surface area contributed by atoms with Gasteiger partial charge < -0.3 is 4.90 Å². The van der Waals surface area contributed by atoms with Gasteiger partial charge in [0.15, 0.2) is 0 Å². The number of nitrogens with zero attached hydrogens (tertiary/aromatic N) is 3. The van der Waals surface area contributed by atoms with E-state index in [-0.39, 0.29) is 22.4 Å². The molecule has 0 bridgehead atoms. The van der Waals surface area contributed by atoms with Crippen molar-refractivity contribution in [1.82, 2.24) is 4.98 Å². The van der Waals surface area contributed by atoms with Gasteiger partial charge in [0.05, 0.1) is 22.2 Å². The zero-order valence-electron chi connectivity index (χ0n) is 14.1. The van der Waals surface area contributed by atoms with Crippen molar-refractivity contribution >= 4 is 17.3 Å². The number of nitro benzene ring substituents is 1. The molecule has 0 saturated heterocycles. The number of benzene rings is 1. The first-order valence-electron chi connectivity index (χ1n) is 8.59. The largest absolute Gasteiger partial charge is 0.311 e. The fourth-order valence-corrected chi connectivity index (χ4v) is 4.01. The molecule has 0 fully saturated rings. The minimum atomic E-state index is -0.381. The molecule has 1 unspecified atom stereocenters. The molecule has 1 aromatic heterocycles. The van der Waals surface area contributed by atoms with Gasteiger partial charge in [0, 0.05) is 24.4 Å². The molecule has 0 spiro atoms. The standard InChI is InChI=1S/C19H19N3O3/c1-12-10-14-7-9-21(17(14)11-16(12)22(24)25)19(23)15-6-2-4-13-5-3-8-20-18(13)15/h3,5,8,10-11,15H,2,4,6-7,9H2,1H3. The molecule has 1 atom stereocenters. The first-order valence-corrected chi connectivity index (χ1v) is 8.59. The van der Waals surface area contributed by atoms with Gasteiger partial charge in [-0.25, -0.2) is 0 Å². The Balaban J connectivity index is 1.71. The monoisotopic (exact) mass is 337 g/mol. The highest BCUT2D eigenvalue weighted by Crippen LogP contribution is 2.38. The molecule has 2 aliphatic rings. The van der Waals surface area contributed by atoms with Crippen molar-refractivity contribution in [1.29, 1.82) is 0 Å². The third-order valence-corrected chi connectivity index (χ3v) is 5.25. The number of anilines is 1. The van der Waals surface area contributed by atoms with Gasteiger partial charge in [-0.2, -0.15) is 0 Å². The van der Waals surface area contributed by atoms with Crippen LogP contribution in [-0.4, -0.2) is 22.4 Å². The highest BCUT2D eigenvalue weighted by molar-refractivity contribution is 6.00.